The van der Waals surface area contributed by atoms with Crippen molar-refractivity contribution in [1.29, 1.82) is 0 Å². The molecule has 0 aliphatic carbocycles. The van der Waals surface area contributed by atoms with Gasteiger partial charge in [-0.25, -0.2) is 0 Å². The van der Waals surface area contributed by atoms with Gasteiger partial charge in [-0.1, -0.05) is 82.6 Å². The lowest BCUT2D eigenvalue weighted by atomic mass is 10.1. The molecule has 0 bridgehead atoms. The van der Waals surface area contributed by atoms with Crippen LogP contribution in [0.2, 0.25) is 0 Å². The standard InChI is InChI=1S/C23H42O2/c1-3-5-6-7-8-9-10-11-12-13-14-15-16-17-18-19-20-21-22-23(24)25-4-2/h8-9,11-12H,3-7,10,13-22H2,1-2H3/b9-8-,12-11-. The number of carbonyl (C=O) groups is 1. The van der Waals surface area contributed by atoms with Crippen LogP contribution in [-0.2, 0) is 9.53 Å². The van der Waals surface area contributed by atoms with E-state index in [2.05, 4.69) is 31.2 Å². The average Bonchev–Trinajstić information content (AvgIpc) is 2.61. The predicted molar refractivity (Wildman–Crippen MR) is 110 cm³/mol. The molecular weight excluding hydrogens is 308 g/mol. The number of rotatable bonds is 18. The van der Waals surface area contributed by atoms with E-state index in [1.807, 2.05) is 6.92 Å². The van der Waals surface area contributed by atoms with Crippen molar-refractivity contribution in [2.75, 3.05) is 6.61 Å². The van der Waals surface area contributed by atoms with Crippen molar-refractivity contribution >= 4 is 5.97 Å². The molecule has 0 aromatic rings. The van der Waals surface area contributed by atoms with Crippen molar-refractivity contribution in [1.82, 2.24) is 0 Å². The zero-order chi connectivity index (χ0) is 18.4. The van der Waals surface area contributed by atoms with Crippen LogP contribution in [0.15, 0.2) is 24.3 Å². The van der Waals surface area contributed by atoms with Crippen molar-refractivity contribution in [2.24, 2.45) is 0 Å². The maximum atomic E-state index is 11.2. The summed E-state index contributed by atoms with van der Waals surface area (Å²) in [6, 6.07) is 0. The lowest BCUT2D eigenvalue weighted by Crippen LogP contribution is -2.03. The summed E-state index contributed by atoms with van der Waals surface area (Å²) in [5.41, 5.74) is 0. The first-order valence-corrected chi connectivity index (χ1v) is 10.8. The minimum atomic E-state index is -0.0393. The molecule has 0 spiro atoms. The first kappa shape index (κ1) is 23.9. The number of carbonyl (C=O) groups excluding carboxylic acids is 1. The summed E-state index contributed by atoms with van der Waals surface area (Å²) in [6.45, 7) is 4.62. The molecule has 2 heteroatoms. The average molecular weight is 351 g/mol. The Kier molecular flexibility index (Phi) is 20.1. The summed E-state index contributed by atoms with van der Waals surface area (Å²) in [6.07, 6.45) is 27.5. The number of esters is 1. The molecule has 0 aliphatic heterocycles. The SMILES string of the molecule is CCCCC/C=C\C/C=C\CCCCCCCCCCC(=O)OCC. The van der Waals surface area contributed by atoms with E-state index in [1.165, 1.54) is 70.6 Å². The Morgan fingerprint density at radius 3 is 1.76 bits per heavy atom. The van der Waals surface area contributed by atoms with Gasteiger partial charge in [-0.05, 0) is 45.4 Å². The lowest BCUT2D eigenvalue weighted by Gasteiger charge is -2.02. The summed E-state index contributed by atoms with van der Waals surface area (Å²) in [5, 5.41) is 0. The summed E-state index contributed by atoms with van der Waals surface area (Å²) in [4.78, 5) is 11.2. The van der Waals surface area contributed by atoms with E-state index in [-0.39, 0.29) is 5.97 Å². The molecule has 25 heavy (non-hydrogen) atoms. The fourth-order valence-electron chi connectivity index (χ4n) is 2.84. The molecule has 0 saturated heterocycles. The Morgan fingerprint density at radius 2 is 1.20 bits per heavy atom. The van der Waals surface area contributed by atoms with Gasteiger partial charge < -0.3 is 4.74 Å². The molecule has 0 heterocycles. The normalized spacial score (nSPS) is 11.6. The molecule has 146 valence electrons. The molecule has 0 fully saturated rings. The van der Waals surface area contributed by atoms with Gasteiger partial charge in [-0.3, -0.25) is 4.79 Å². The van der Waals surface area contributed by atoms with Crippen molar-refractivity contribution in [3.8, 4) is 0 Å². The number of hydrogen-bond acceptors (Lipinski definition) is 2. The zero-order valence-electron chi connectivity index (χ0n) is 16.9. The summed E-state index contributed by atoms with van der Waals surface area (Å²) in [5.74, 6) is -0.0393. The van der Waals surface area contributed by atoms with Crippen LogP contribution in [-0.4, -0.2) is 12.6 Å². The Morgan fingerprint density at radius 1 is 0.680 bits per heavy atom. The van der Waals surface area contributed by atoms with Gasteiger partial charge in [0.25, 0.3) is 0 Å². The van der Waals surface area contributed by atoms with E-state index in [1.54, 1.807) is 0 Å². The monoisotopic (exact) mass is 350 g/mol. The van der Waals surface area contributed by atoms with Gasteiger partial charge in [0, 0.05) is 6.42 Å². The van der Waals surface area contributed by atoms with Crippen LogP contribution in [0.5, 0.6) is 0 Å². The third-order valence-electron chi connectivity index (χ3n) is 4.39. The molecular formula is C23H42O2. The second-order valence-electron chi connectivity index (χ2n) is 6.85. The van der Waals surface area contributed by atoms with Crippen LogP contribution >= 0.6 is 0 Å². The number of unbranched alkanes of at least 4 members (excludes halogenated alkanes) is 11. The smallest absolute Gasteiger partial charge is 0.305 e. The highest BCUT2D eigenvalue weighted by molar-refractivity contribution is 5.69. The lowest BCUT2D eigenvalue weighted by molar-refractivity contribution is -0.143. The van der Waals surface area contributed by atoms with Gasteiger partial charge in [0.2, 0.25) is 0 Å². The quantitative estimate of drug-likeness (QED) is 0.145. The predicted octanol–water partition coefficient (Wildman–Crippen LogP) is 7.53. The molecule has 0 radical (unpaired) electrons. The second-order valence-corrected chi connectivity index (χ2v) is 6.85. The summed E-state index contributed by atoms with van der Waals surface area (Å²) in [7, 11) is 0. The Labute approximate surface area is 157 Å². The fraction of sp³-hybridized carbons (Fsp3) is 0.783. The highest BCUT2D eigenvalue weighted by Gasteiger charge is 2.00. The first-order valence-electron chi connectivity index (χ1n) is 10.8. The van der Waals surface area contributed by atoms with Crippen molar-refractivity contribution in [2.45, 2.75) is 110 Å². The zero-order valence-corrected chi connectivity index (χ0v) is 16.9. The Balaban J connectivity index is 3.18. The molecule has 0 aliphatic rings. The fourth-order valence-corrected chi connectivity index (χ4v) is 2.84. The topological polar surface area (TPSA) is 26.3 Å². The van der Waals surface area contributed by atoms with Crippen LogP contribution in [0.3, 0.4) is 0 Å². The largest absolute Gasteiger partial charge is 0.466 e. The van der Waals surface area contributed by atoms with E-state index >= 15 is 0 Å². The van der Waals surface area contributed by atoms with Crippen LogP contribution in [0, 0.1) is 0 Å². The maximum absolute atomic E-state index is 11.2. The van der Waals surface area contributed by atoms with Gasteiger partial charge >= 0.3 is 5.97 Å². The van der Waals surface area contributed by atoms with Crippen LogP contribution < -0.4 is 0 Å². The molecule has 0 saturated carbocycles. The molecule has 0 aromatic carbocycles. The van der Waals surface area contributed by atoms with E-state index in [9.17, 15) is 4.79 Å². The molecule has 0 atom stereocenters. The summed E-state index contributed by atoms with van der Waals surface area (Å²) < 4.78 is 4.93. The van der Waals surface area contributed by atoms with Crippen molar-refractivity contribution < 1.29 is 9.53 Å². The highest BCUT2D eigenvalue weighted by Crippen LogP contribution is 2.11. The van der Waals surface area contributed by atoms with Gasteiger partial charge in [0.15, 0.2) is 0 Å². The van der Waals surface area contributed by atoms with Gasteiger partial charge in [-0.15, -0.1) is 0 Å². The molecule has 2 nitrogen and oxygen atoms in total. The van der Waals surface area contributed by atoms with E-state index in [0.29, 0.717) is 13.0 Å². The summed E-state index contributed by atoms with van der Waals surface area (Å²) >= 11 is 0. The molecule has 0 unspecified atom stereocenters. The maximum Gasteiger partial charge on any atom is 0.305 e. The third kappa shape index (κ3) is 20.9. The van der Waals surface area contributed by atoms with Gasteiger partial charge in [0.05, 0.1) is 6.61 Å². The van der Waals surface area contributed by atoms with Crippen LogP contribution in [0.4, 0.5) is 0 Å². The van der Waals surface area contributed by atoms with E-state index in [4.69, 9.17) is 4.74 Å². The molecule has 0 aromatic heterocycles. The minimum Gasteiger partial charge on any atom is -0.466 e. The molecule has 0 N–H and O–H groups in total. The number of ether oxygens (including phenoxy) is 1. The Bertz CT molecular complexity index is 331. The van der Waals surface area contributed by atoms with Gasteiger partial charge in [0.1, 0.15) is 0 Å². The van der Waals surface area contributed by atoms with E-state index < -0.39 is 0 Å². The molecule has 0 rings (SSSR count). The molecule has 0 amide bonds. The third-order valence-corrected chi connectivity index (χ3v) is 4.39. The Hall–Kier alpha value is -1.05. The second kappa shape index (κ2) is 21.0. The van der Waals surface area contributed by atoms with Gasteiger partial charge in [-0.2, -0.15) is 0 Å². The van der Waals surface area contributed by atoms with Crippen LogP contribution in [0.1, 0.15) is 110 Å². The van der Waals surface area contributed by atoms with Crippen molar-refractivity contribution in [3.05, 3.63) is 24.3 Å². The first-order chi connectivity index (χ1) is 12.3. The number of allylic oxidation sites excluding steroid dienone is 4. The van der Waals surface area contributed by atoms with E-state index in [0.717, 1.165) is 19.3 Å². The highest BCUT2D eigenvalue weighted by atomic mass is 16.5. The number of hydrogen-bond donors (Lipinski definition) is 0. The van der Waals surface area contributed by atoms with Crippen molar-refractivity contribution in [3.63, 3.8) is 0 Å². The van der Waals surface area contributed by atoms with Crippen LogP contribution in [0.25, 0.3) is 0 Å². The minimum absolute atomic E-state index is 0.0393.